The van der Waals surface area contributed by atoms with Crippen LogP contribution >= 0.6 is 23.2 Å². The Kier molecular flexibility index (Phi) is 5.80. The van der Waals surface area contributed by atoms with E-state index in [4.69, 9.17) is 27.6 Å². The molecule has 0 fully saturated rings. The first-order valence-electron chi connectivity index (χ1n) is 11.0. The Hall–Kier alpha value is -3.34. The molecule has 6 heteroatoms. The van der Waals surface area contributed by atoms with Gasteiger partial charge in [-0.15, -0.1) is 0 Å². The number of hydrogen-bond acceptors (Lipinski definition) is 4. The van der Waals surface area contributed by atoms with Crippen molar-refractivity contribution in [1.29, 1.82) is 0 Å². The predicted octanol–water partition coefficient (Wildman–Crippen LogP) is 8.18. The monoisotopic (exact) mass is 487 g/mol. The average Bonchev–Trinajstić information content (AvgIpc) is 2.82. The first-order valence-corrected chi connectivity index (χ1v) is 11.7. The molecule has 0 aliphatic heterocycles. The summed E-state index contributed by atoms with van der Waals surface area (Å²) in [6.07, 6.45) is 0. The van der Waals surface area contributed by atoms with Gasteiger partial charge in [-0.1, -0.05) is 86.4 Å². The van der Waals surface area contributed by atoms with Crippen LogP contribution in [0.4, 0.5) is 5.82 Å². The molecule has 0 spiro atoms. The number of nitrogens with zero attached hydrogens (tertiary/aromatic N) is 2. The minimum Gasteiger partial charge on any atom is -0.454 e. The van der Waals surface area contributed by atoms with Crippen molar-refractivity contribution >= 4 is 50.9 Å². The Bertz CT molecular complexity index is 1580. The number of halogens is 2. The van der Waals surface area contributed by atoms with E-state index in [1.165, 1.54) is 5.56 Å². The quantitative estimate of drug-likeness (QED) is 0.261. The lowest BCUT2D eigenvalue weighted by atomic mass is 9.86. The predicted molar refractivity (Wildman–Crippen MR) is 141 cm³/mol. The van der Waals surface area contributed by atoms with Gasteiger partial charge in [0.05, 0.1) is 15.9 Å². The lowest BCUT2D eigenvalue weighted by Gasteiger charge is -2.19. The summed E-state index contributed by atoms with van der Waals surface area (Å²) >= 11 is 12.8. The first kappa shape index (κ1) is 22.5. The van der Waals surface area contributed by atoms with Crippen molar-refractivity contribution in [1.82, 2.24) is 4.98 Å². The number of para-hydroxylation sites is 1. The highest BCUT2D eigenvalue weighted by Gasteiger charge is 2.15. The SMILES string of the molecule is CC(C)(C)c1ccc(-c2c/c(=N\Nc3ccc4ccccc4n3)c3cc(Cl)cc(Cl)c3o2)cc1. The van der Waals surface area contributed by atoms with Crippen LogP contribution in [0.25, 0.3) is 33.2 Å². The van der Waals surface area contributed by atoms with Crippen LogP contribution in [0.3, 0.4) is 0 Å². The smallest absolute Gasteiger partial charge is 0.155 e. The van der Waals surface area contributed by atoms with Gasteiger partial charge in [-0.25, -0.2) is 4.98 Å². The van der Waals surface area contributed by atoms with Crippen molar-refractivity contribution in [2.24, 2.45) is 5.10 Å². The van der Waals surface area contributed by atoms with Gasteiger partial charge in [0.15, 0.2) is 5.58 Å². The summed E-state index contributed by atoms with van der Waals surface area (Å²) in [4.78, 5) is 4.64. The van der Waals surface area contributed by atoms with Gasteiger partial charge < -0.3 is 4.42 Å². The standard InChI is InChI=1S/C28H23Cl2N3O/c1-28(2,3)19-11-8-18(9-12-19)25-16-24(21-14-20(29)15-22(30)27(21)34-25)32-33-26-13-10-17-6-4-5-7-23(17)31-26/h4-16H,1-3H3,(H,31,33)/b32-24+. The minimum absolute atomic E-state index is 0.0659. The molecular weight excluding hydrogens is 465 g/mol. The van der Waals surface area contributed by atoms with E-state index in [9.17, 15) is 0 Å². The molecule has 5 aromatic rings. The Morgan fingerprint density at radius 2 is 1.65 bits per heavy atom. The molecule has 0 saturated carbocycles. The highest BCUT2D eigenvalue weighted by molar-refractivity contribution is 6.38. The maximum absolute atomic E-state index is 6.51. The summed E-state index contributed by atoms with van der Waals surface area (Å²) in [5.74, 6) is 1.29. The number of fused-ring (bicyclic) bond motifs is 2. The Labute approximate surface area is 207 Å². The molecule has 1 N–H and O–H groups in total. The third kappa shape index (κ3) is 4.52. The third-order valence-corrected chi connectivity index (χ3v) is 6.19. The summed E-state index contributed by atoms with van der Waals surface area (Å²) in [6.45, 7) is 6.57. The van der Waals surface area contributed by atoms with E-state index < -0.39 is 0 Å². The molecule has 0 unspecified atom stereocenters. The normalized spacial score (nSPS) is 12.4. The van der Waals surface area contributed by atoms with Crippen molar-refractivity contribution in [3.8, 4) is 11.3 Å². The molecule has 2 heterocycles. The summed E-state index contributed by atoms with van der Waals surface area (Å²) in [6, 6.07) is 25.5. The van der Waals surface area contributed by atoms with Crippen molar-refractivity contribution in [3.05, 3.63) is 99.8 Å². The fourth-order valence-electron chi connectivity index (χ4n) is 3.81. The molecule has 0 amide bonds. The molecule has 0 aliphatic carbocycles. The molecule has 0 saturated heterocycles. The molecule has 34 heavy (non-hydrogen) atoms. The number of pyridine rings is 1. The van der Waals surface area contributed by atoms with E-state index in [2.05, 4.69) is 60.5 Å². The Morgan fingerprint density at radius 1 is 0.882 bits per heavy atom. The zero-order valence-corrected chi connectivity index (χ0v) is 20.6. The van der Waals surface area contributed by atoms with Crippen LogP contribution in [0.15, 0.2) is 88.4 Å². The van der Waals surface area contributed by atoms with Crippen LogP contribution in [-0.2, 0) is 5.41 Å². The van der Waals surface area contributed by atoms with Gasteiger partial charge in [0.25, 0.3) is 0 Å². The summed E-state index contributed by atoms with van der Waals surface area (Å²) in [5, 5.41) is 8.01. The van der Waals surface area contributed by atoms with E-state index in [1.54, 1.807) is 12.1 Å². The van der Waals surface area contributed by atoms with Crippen LogP contribution in [0, 0.1) is 0 Å². The lowest BCUT2D eigenvalue weighted by molar-refractivity contribution is 0.589. The van der Waals surface area contributed by atoms with Crippen LogP contribution in [0.1, 0.15) is 26.3 Å². The largest absolute Gasteiger partial charge is 0.454 e. The van der Waals surface area contributed by atoms with E-state index >= 15 is 0 Å². The van der Waals surface area contributed by atoms with Crippen LogP contribution in [0.2, 0.25) is 10.0 Å². The molecule has 0 radical (unpaired) electrons. The van der Waals surface area contributed by atoms with Crippen LogP contribution < -0.4 is 10.8 Å². The first-order chi connectivity index (χ1) is 16.3. The van der Waals surface area contributed by atoms with Gasteiger partial charge in [0, 0.05) is 27.4 Å². The number of rotatable bonds is 3. The second-order valence-electron chi connectivity index (χ2n) is 9.20. The molecule has 5 rings (SSSR count). The van der Waals surface area contributed by atoms with Crippen molar-refractivity contribution in [3.63, 3.8) is 0 Å². The van der Waals surface area contributed by atoms with Gasteiger partial charge in [0.1, 0.15) is 11.6 Å². The van der Waals surface area contributed by atoms with Gasteiger partial charge in [0.2, 0.25) is 0 Å². The van der Waals surface area contributed by atoms with Crippen LogP contribution in [0.5, 0.6) is 0 Å². The number of nitrogens with one attached hydrogen (secondary N) is 1. The number of anilines is 1. The van der Waals surface area contributed by atoms with E-state index in [0.29, 0.717) is 37.9 Å². The summed E-state index contributed by atoms with van der Waals surface area (Å²) in [7, 11) is 0. The minimum atomic E-state index is 0.0659. The van der Waals surface area contributed by atoms with Gasteiger partial charge in [-0.05, 0) is 41.3 Å². The van der Waals surface area contributed by atoms with Crippen molar-refractivity contribution in [2.75, 3.05) is 5.43 Å². The average molecular weight is 488 g/mol. The number of benzene rings is 3. The van der Waals surface area contributed by atoms with E-state index in [-0.39, 0.29) is 5.41 Å². The van der Waals surface area contributed by atoms with Gasteiger partial charge >= 0.3 is 0 Å². The maximum Gasteiger partial charge on any atom is 0.155 e. The maximum atomic E-state index is 6.51. The summed E-state index contributed by atoms with van der Waals surface area (Å²) in [5.41, 5.74) is 6.74. The second-order valence-corrected chi connectivity index (χ2v) is 10.0. The number of aromatic nitrogens is 1. The molecule has 0 bridgehead atoms. The number of hydrogen-bond donors (Lipinski definition) is 1. The van der Waals surface area contributed by atoms with Crippen LogP contribution in [-0.4, -0.2) is 4.98 Å². The topological polar surface area (TPSA) is 50.4 Å². The van der Waals surface area contributed by atoms with E-state index in [1.807, 2.05) is 42.5 Å². The second kappa shape index (κ2) is 8.79. The molecule has 4 nitrogen and oxygen atoms in total. The lowest BCUT2D eigenvalue weighted by Crippen LogP contribution is -2.10. The highest BCUT2D eigenvalue weighted by atomic mass is 35.5. The van der Waals surface area contributed by atoms with Gasteiger partial charge in [-0.3, -0.25) is 5.43 Å². The molecule has 0 atom stereocenters. The molecule has 2 aromatic heterocycles. The fraction of sp³-hybridized carbons (Fsp3) is 0.143. The van der Waals surface area contributed by atoms with Crippen molar-refractivity contribution in [2.45, 2.75) is 26.2 Å². The zero-order chi connectivity index (χ0) is 23.9. The highest BCUT2D eigenvalue weighted by Crippen LogP contribution is 2.31. The molecule has 3 aromatic carbocycles. The third-order valence-electron chi connectivity index (χ3n) is 5.69. The van der Waals surface area contributed by atoms with Crippen molar-refractivity contribution < 1.29 is 4.42 Å². The molecule has 170 valence electrons. The molecule has 0 aliphatic rings. The summed E-state index contributed by atoms with van der Waals surface area (Å²) < 4.78 is 6.22. The Balaban J connectivity index is 1.63. The fourth-order valence-corrected chi connectivity index (χ4v) is 4.34. The van der Waals surface area contributed by atoms with E-state index in [0.717, 1.165) is 16.5 Å². The zero-order valence-electron chi connectivity index (χ0n) is 19.1. The molecular formula is C28H23Cl2N3O. The Morgan fingerprint density at radius 3 is 2.41 bits per heavy atom. The van der Waals surface area contributed by atoms with Gasteiger partial charge in [-0.2, -0.15) is 5.10 Å².